The van der Waals surface area contributed by atoms with Gasteiger partial charge >= 0.3 is 6.01 Å². The van der Waals surface area contributed by atoms with Crippen molar-refractivity contribution in [2.45, 2.75) is 39.7 Å². The highest BCUT2D eigenvalue weighted by atomic mass is 16.5. The summed E-state index contributed by atoms with van der Waals surface area (Å²) >= 11 is 0. The van der Waals surface area contributed by atoms with Crippen LogP contribution in [-0.2, 0) is 0 Å². The molecular weight excluding hydrogens is 366 g/mol. The predicted octanol–water partition coefficient (Wildman–Crippen LogP) is 3.27. The molecule has 3 heterocycles. The van der Waals surface area contributed by atoms with Crippen LogP contribution < -0.4 is 4.74 Å². The minimum atomic E-state index is -0.113. The lowest BCUT2D eigenvalue weighted by molar-refractivity contribution is 0.0514. The van der Waals surface area contributed by atoms with Gasteiger partial charge in [-0.05, 0) is 51.8 Å². The third-order valence-electron chi connectivity index (χ3n) is 5.14. The molecule has 2 aromatic heterocycles. The Labute approximate surface area is 170 Å². The van der Waals surface area contributed by atoms with Crippen LogP contribution in [0.15, 0.2) is 42.6 Å². The van der Waals surface area contributed by atoms with Gasteiger partial charge in [-0.2, -0.15) is 5.10 Å². The zero-order valence-electron chi connectivity index (χ0n) is 17.0. The van der Waals surface area contributed by atoms with Crippen molar-refractivity contribution in [2.24, 2.45) is 0 Å². The first-order valence-corrected chi connectivity index (χ1v) is 9.89. The molecule has 0 aliphatic carbocycles. The number of carbonyl (C=O) groups is 1. The number of likely N-dealkylation sites (tertiary alicyclic amines) is 1. The lowest BCUT2D eigenvalue weighted by Crippen LogP contribution is -2.44. The zero-order chi connectivity index (χ0) is 20.4. The second-order valence-electron chi connectivity index (χ2n) is 7.46. The van der Waals surface area contributed by atoms with E-state index in [0.717, 1.165) is 35.6 Å². The molecule has 0 spiro atoms. The maximum absolute atomic E-state index is 13.2. The second-order valence-corrected chi connectivity index (χ2v) is 7.46. The van der Waals surface area contributed by atoms with E-state index in [1.54, 1.807) is 10.9 Å². The maximum atomic E-state index is 13.2. The summed E-state index contributed by atoms with van der Waals surface area (Å²) in [6.45, 7) is 7.00. The van der Waals surface area contributed by atoms with Gasteiger partial charge in [0.25, 0.3) is 5.91 Å². The van der Waals surface area contributed by atoms with E-state index in [1.165, 1.54) is 0 Å². The van der Waals surface area contributed by atoms with Crippen LogP contribution in [0.3, 0.4) is 0 Å². The minimum absolute atomic E-state index is 0.0145. The van der Waals surface area contributed by atoms with Crippen LogP contribution in [0, 0.1) is 20.8 Å². The fraction of sp³-hybridized carbons (Fsp3) is 0.364. The van der Waals surface area contributed by atoms with Gasteiger partial charge in [0.05, 0.1) is 29.7 Å². The Morgan fingerprint density at radius 3 is 2.55 bits per heavy atom. The summed E-state index contributed by atoms with van der Waals surface area (Å²) in [5.74, 6) is -0.0145. The van der Waals surface area contributed by atoms with Crippen molar-refractivity contribution in [3.05, 3.63) is 65.2 Å². The predicted molar refractivity (Wildman–Crippen MR) is 109 cm³/mol. The molecule has 1 saturated heterocycles. The molecule has 1 fully saturated rings. The maximum Gasteiger partial charge on any atom is 0.317 e. The van der Waals surface area contributed by atoms with Crippen molar-refractivity contribution in [3.63, 3.8) is 0 Å². The Balaban J connectivity index is 1.48. The molecule has 1 aliphatic rings. The van der Waals surface area contributed by atoms with E-state index in [0.29, 0.717) is 24.7 Å². The first-order valence-electron chi connectivity index (χ1n) is 9.89. The summed E-state index contributed by atoms with van der Waals surface area (Å²) in [5, 5.41) is 4.43. The number of hydrogen-bond acceptors (Lipinski definition) is 5. The third kappa shape index (κ3) is 4.13. The van der Waals surface area contributed by atoms with E-state index < -0.39 is 0 Å². The highest BCUT2D eigenvalue weighted by Gasteiger charge is 2.28. The first kappa shape index (κ1) is 19.1. The number of nitrogens with zero attached hydrogens (tertiary/aromatic N) is 5. The summed E-state index contributed by atoms with van der Waals surface area (Å²) < 4.78 is 7.80. The van der Waals surface area contributed by atoms with Crippen LogP contribution >= 0.6 is 0 Å². The van der Waals surface area contributed by atoms with E-state index >= 15 is 0 Å². The second kappa shape index (κ2) is 8.03. The number of benzene rings is 1. The monoisotopic (exact) mass is 391 g/mol. The molecule has 1 atom stereocenters. The molecule has 0 saturated carbocycles. The van der Waals surface area contributed by atoms with Gasteiger partial charge < -0.3 is 9.64 Å². The molecule has 7 nitrogen and oxygen atoms in total. The molecule has 0 radical (unpaired) electrons. The quantitative estimate of drug-likeness (QED) is 0.682. The van der Waals surface area contributed by atoms with Gasteiger partial charge in [-0.3, -0.25) is 4.79 Å². The number of aryl methyl sites for hydroxylation is 2. The fourth-order valence-electron chi connectivity index (χ4n) is 3.73. The average molecular weight is 391 g/mol. The minimum Gasteiger partial charge on any atom is -0.458 e. The Hall–Kier alpha value is -3.22. The number of rotatable bonds is 4. The van der Waals surface area contributed by atoms with Crippen molar-refractivity contribution in [1.29, 1.82) is 0 Å². The van der Waals surface area contributed by atoms with Crippen molar-refractivity contribution >= 4 is 5.91 Å². The van der Waals surface area contributed by atoms with Gasteiger partial charge in [-0.25, -0.2) is 14.6 Å². The van der Waals surface area contributed by atoms with Crippen LogP contribution in [0.5, 0.6) is 6.01 Å². The van der Waals surface area contributed by atoms with Crippen molar-refractivity contribution in [2.75, 3.05) is 13.1 Å². The summed E-state index contributed by atoms with van der Waals surface area (Å²) in [7, 11) is 0. The topological polar surface area (TPSA) is 73.1 Å². The highest BCUT2D eigenvalue weighted by Crippen LogP contribution is 2.21. The number of carbonyl (C=O) groups excluding carboxylic acids is 1. The molecule has 4 rings (SSSR count). The third-order valence-corrected chi connectivity index (χ3v) is 5.14. The van der Waals surface area contributed by atoms with Crippen LogP contribution in [0.2, 0.25) is 0 Å². The van der Waals surface area contributed by atoms with E-state index in [-0.39, 0.29) is 12.0 Å². The number of ether oxygens (including phenoxy) is 1. The van der Waals surface area contributed by atoms with Gasteiger partial charge in [0.1, 0.15) is 6.10 Å². The molecule has 0 bridgehead atoms. The highest BCUT2D eigenvalue weighted by molar-refractivity contribution is 5.95. The number of para-hydroxylation sites is 1. The van der Waals surface area contributed by atoms with Crippen LogP contribution in [0.4, 0.5) is 0 Å². The Morgan fingerprint density at radius 2 is 1.83 bits per heavy atom. The number of hydrogen-bond donors (Lipinski definition) is 0. The Morgan fingerprint density at radius 1 is 1.10 bits per heavy atom. The molecule has 3 aromatic rings. The first-order chi connectivity index (χ1) is 14.0. The van der Waals surface area contributed by atoms with Gasteiger partial charge in [-0.15, -0.1) is 0 Å². The van der Waals surface area contributed by atoms with Crippen LogP contribution in [0.1, 0.15) is 40.3 Å². The van der Waals surface area contributed by atoms with Gasteiger partial charge in [0.2, 0.25) is 0 Å². The molecule has 1 unspecified atom stereocenters. The average Bonchev–Trinajstić information content (AvgIpc) is 3.09. The summed E-state index contributed by atoms with van der Waals surface area (Å²) in [4.78, 5) is 23.7. The van der Waals surface area contributed by atoms with Gasteiger partial charge in [0, 0.05) is 17.9 Å². The van der Waals surface area contributed by atoms with E-state index in [4.69, 9.17) is 4.74 Å². The van der Waals surface area contributed by atoms with E-state index in [9.17, 15) is 4.79 Å². The van der Waals surface area contributed by atoms with Crippen molar-refractivity contribution in [3.8, 4) is 11.7 Å². The number of piperidine rings is 1. The molecule has 7 heteroatoms. The summed E-state index contributed by atoms with van der Waals surface area (Å²) in [6.07, 6.45) is 3.30. The van der Waals surface area contributed by atoms with Crippen LogP contribution in [-0.4, -0.2) is 49.7 Å². The number of aromatic nitrogens is 4. The Kier molecular flexibility index (Phi) is 5.29. The molecule has 1 amide bonds. The van der Waals surface area contributed by atoms with Crippen molar-refractivity contribution < 1.29 is 9.53 Å². The van der Waals surface area contributed by atoms with E-state index in [1.807, 2.05) is 62.1 Å². The van der Waals surface area contributed by atoms with Gasteiger partial charge in [-0.1, -0.05) is 18.2 Å². The molecular formula is C22H25N5O2. The molecule has 150 valence electrons. The number of amides is 1. The summed E-state index contributed by atoms with van der Waals surface area (Å²) in [6, 6.07) is 12.1. The van der Waals surface area contributed by atoms with E-state index in [2.05, 4.69) is 15.1 Å². The lowest BCUT2D eigenvalue weighted by atomic mass is 10.1. The molecule has 29 heavy (non-hydrogen) atoms. The van der Waals surface area contributed by atoms with Crippen LogP contribution in [0.25, 0.3) is 5.69 Å². The standard InChI is InChI=1S/C22H25N5O2/c1-15-12-16(2)25-22(24-15)29-19-10-7-11-26(14-19)21(28)20-13-23-27(17(20)3)18-8-5-4-6-9-18/h4-6,8-9,12-13,19H,7,10-11,14H2,1-3H3. The normalized spacial score (nSPS) is 16.7. The largest absolute Gasteiger partial charge is 0.458 e. The Bertz CT molecular complexity index is 995. The zero-order valence-corrected chi connectivity index (χ0v) is 17.0. The fourth-order valence-corrected chi connectivity index (χ4v) is 3.73. The SMILES string of the molecule is Cc1cc(C)nc(OC2CCCN(C(=O)c3cnn(-c4ccccc4)c3C)C2)n1. The van der Waals surface area contributed by atoms with Gasteiger partial charge in [0.15, 0.2) is 0 Å². The van der Waals surface area contributed by atoms with Crippen molar-refractivity contribution in [1.82, 2.24) is 24.6 Å². The summed E-state index contributed by atoms with van der Waals surface area (Å²) in [5.41, 5.74) is 4.15. The molecule has 0 N–H and O–H groups in total. The smallest absolute Gasteiger partial charge is 0.317 e. The molecule has 1 aliphatic heterocycles. The molecule has 1 aromatic carbocycles. The lowest BCUT2D eigenvalue weighted by Gasteiger charge is -2.32.